The third-order valence-corrected chi connectivity index (χ3v) is 4.62. The van der Waals surface area contributed by atoms with Gasteiger partial charge in [0.25, 0.3) is 0 Å². The molecule has 0 bridgehead atoms. The van der Waals surface area contributed by atoms with Gasteiger partial charge >= 0.3 is 6.18 Å². The van der Waals surface area contributed by atoms with Crippen molar-refractivity contribution < 1.29 is 27.0 Å². The normalized spacial score (nSPS) is 11.5. The number of hydrogen-bond donors (Lipinski definition) is 1. The monoisotopic (exact) mass is 497 g/mol. The Morgan fingerprint density at radius 1 is 1.13 bits per heavy atom. The molecule has 0 aliphatic heterocycles. The molecule has 0 aliphatic carbocycles. The van der Waals surface area contributed by atoms with Crippen LogP contribution in [0.25, 0.3) is 0 Å². The molecule has 5 nitrogen and oxygen atoms in total. The quantitative estimate of drug-likeness (QED) is 0.245. The number of anilines is 1. The molecular formula is C21H16BrF4N3O2. The summed E-state index contributed by atoms with van der Waals surface area (Å²) in [5.41, 5.74) is 3.15. The van der Waals surface area contributed by atoms with E-state index in [-0.39, 0.29) is 18.2 Å². The Morgan fingerprint density at radius 2 is 1.87 bits per heavy atom. The summed E-state index contributed by atoms with van der Waals surface area (Å²) in [6.45, 7) is 0.212. The number of methoxy groups -OCH3 is 1. The zero-order valence-electron chi connectivity index (χ0n) is 16.1. The third kappa shape index (κ3) is 6.17. The molecule has 0 saturated carbocycles. The summed E-state index contributed by atoms with van der Waals surface area (Å²) >= 11 is 3.42. The number of halogens is 5. The smallest absolute Gasteiger partial charge is 0.417 e. The lowest BCUT2D eigenvalue weighted by atomic mass is 10.2. The predicted molar refractivity (Wildman–Crippen MR) is 112 cm³/mol. The van der Waals surface area contributed by atoms with Crippen LogP contribution in [0, 0.1) is 5.82 Å². The first-order valence-electron chi connectivity index (χ1n) is 8.83. The van der Waals surface area contributed by atoms with Crippen molar-refractivity contribution in [2.45, 2.75) is 12.8 Å². The van der Waals surface area contributed by atoms with E-state index in [1.165, 1.54) is 31.5 Å². The first kappa shape index (κ1) is 22.5. The molecular weight excluding hydrogens is 482 g/mol. The van der Waals surface area contributed by atoms with Gasteiger partial charge in [-0.25, -0.2) is 9.37 Å². The molecule has 1 heterocycles. The number of rotatable bonds is 7. The average Bonchev–Trinajstić information content (AvgIpc) is 2.73. The van der Waals surface area contributed by atoms with Gasteiger partial charge in [0.1, 0.15) is 18.2 Å². The number of pyridine rings is 1. The lowest BCUT2D eigenvalue weighted by Crippen LogP contribution is -2.05. The van der Waals surface area contributed by atoms with Crippen LogP contribution in [0.2, 0.25) is 0 Å². The Morgan fingerprint density at radius 3 is 2.48 bits per heavy atom. The largest absolute Gasteiger partial charge is 0.493 e. The second kappa shape index (κ2) is 9.78. The van der Waals surface area contributed by atoms with Crippen molar-refractivity contribution in [3.8, 4) is 11.5 Å². The number of ether oxygens (including phenoxy) is 2. The molecule has 162 valence electrons. The fraction of sp³-hybridized carbons (Fsp3) is 0.143. The van der Waals surface area contributed by atoms with Crippen molar-refractivity contribution in [3.63, 3.8) is 0 Å². The van der Waals surface area contributed by atoms with Crippen LogP contribution in [-0.2, 0) is 12.8 Å². The fourth-order valence-corrected chi connectivity index (χ4v) is 3.07. The highest BCUT2D eigenvalue weighted by atomic mass is 79.9. The van der Waals surface area contributed by atoms with Gasteiger partial charge in [0.05, 0.1) is 23.4 Å². The number of nitrogens with one attached hydrogen (secondary N) is 1. The van der Waals surface area contributed by atoms with Gasteiger partial charge < -0.3 is 9.47 Å². The molecule has 0 atom stereocenters. The summed E-state index contributed by atoms with van der Waals surface area (Å²) in [5.74, 6) is 0.729. The molecule has 0 fully saturated rings. The van der Waals surface area contributed by atoms with Crippen LogP contribution in [-0.4, -0.2) is 18.3 Å². The number of hydrazone groups is 1. The first-order valence-corrected chi connectivity index (χ1v) is 9.62. The highest BCUT2D eigenvalue weighted by molar-refractivity contribution is 9.10. The van der Waals surface area contributed by atoms with Gasteiger partial charge in [-0.1, -0.05) is 12.1 Å². The van der Waals surface area contributed by atoms with Gasteiger partial charge in [0.15, 0.2) is 11.5 Å². The first-order chi connectivity index (χ1) is 14.8. The molecule has 2 aromatic carbocycles. The Hall–Kier alpha value is -3.14. The van der Waals surface area contributed by atoms with E-state index in [9.17, 15) is 17.6 Å². The van der Waals surface area contributed by atoms with Gasteiger partial charge in [0.2, 0.25) is 0 Å². The Bertz CT molecular complexity index is 1060. The van der Waals surface area contributed by atoms with E-state index >= 15 is 0 Å². The third-order valence-electron chi connectivity index (χ3n) is 4.03. The molecule has 0 spiro atoms. The van der Waals surface area contributed by atoms with Crippen LogP contribution in [0.1, 0.15) is 16.7 Å². The highest BCUT2D eigenvalue weighted by Gasteiger charge is 2.30. The molecule has 0 unspecified atom stereocenters. The summed E-state index contributed by atoms with van der Waals surface area (Å²) in [6, 6.07) is 11.5. The van der Waals surface area contributed by atoms with E-state index in [1.807, 2.05) is 0 Å². The van der Waals surface area contributed by atoms with Crippen LogP contribution in [0.15, 0.2) is 64.3 Å². The van der Waals surface area contributed by atoms with Crippen molar-refractivity contribution in [1.29, 1.82) is 0 Å². The molecule has 1 aromatic heterocycles. The number of nitrogens with zero attached hydrogens (tertiary/aromatic N) is 2. The van der Waals surface area contributed by atoms with Crippen LogP contribution in [0.5, 0.6) is 11.5 Å². The predicted octanol–water partition coefficient (Wildman–Crippen LogP) is 6.04. The molecule has 3 rings (SSSR count). The maximum Gasteiger partial charge on any atom is 0.417 e. The second-order valence-corrected chi connectivity index (χ2v) is 7.10. The second-order valence-electron chi connectivity index (χ2n) is 6.25. The van der Waals surface area contributed by atoms with E-state index in [0.717, 1.165) is 17.8 Å². The minimum Gasteiger partial charge on any atom is -0.493 e. The minimum absolute atomic E-state index is 0.162. The maximum atomic E-state index is 13.0. The molecule has 0 saturated heterocycles. The summed E-state index contributed by atoms with van der Waals surface area (Å²) in [5, 5.41) is 3.98. The highest BCUT2D eigenvalue weighted by Crippen LogP contribution is 2.37. The number of alkyl halides is 3. The van der Waals surface area contributed by atoms with Crippen LogP contribution in [0.4, 0.5) is 23.4 Å². The summed E-state index contributed by atoms with van der Waals surface area (Å²) < 4.78 is 62.5. The van der Waals surface area contributed by atoms with Crippen LogP contribution >= 0.6 is 15.9 Å². The molecule has 0 aliphatic rings. The SMILES string of the molecule is COc1cc(/C=N\Nc2ccc(C(F)(F)F)cn2)cc(Br)c1OCc1ccc(F)cc1. The van der Waals surface area contributed by atoms with E-state index < -0.39 is 11.7 Å². The number of hydrogen-bond acceptors (Lipinski definition) is 5. The van der Waals surface area contributed by atoms with Crippen LogP contribution in [0.3, 0.4) is 0 Å². The standard InChI is InChI=1S/C21H16BrF4N3O2/c1-30-18-9-14(10-28-29-19-7-4-15(11-27-19)21(24,25)26)8-17(22)20(18)31-12-13-2-5-16(23)6-3-13/h2-11H,12H2,1H3,(H,27,29)/b28-10-. The molecule has 10 heteroatoms. The Balaban J connectivity index is 1.68. The topological polar surface area (TPSA) is 55.7 Å². The fourth-order valence-electron chi connectivity index (χ4n) is 2.49. The number of benzene rings is 2. The van der Waals surface area contributed by atoms with Crippen molar-refractivity contribution in [2.75, 3.05) is 12.5 Å². The van der Waals surface area contributed by atoms with Crippen molar-refractivity contribution >= 4 is 28.0 Å². The molecule has 0 amide bonds. The molecule has 31 heavy (non-hydrogen) atoms. The Kier molecular flexibility index (Phi) is 7.11. The summed E-state index contributed by atoms with van der Waals surface area (Å²) in [4.78, 5) is 3.68. The van der Waals surface area contributed by atoms with E-state index in [1.54, 1.807) is 24.3 Å². The minimum atomic E-state index is -4.45. The van der Waals surface area contributed by atoms with Gasteiger partial charge in [-0.3, -0.25) is 5.43 Å². The number of aromatic nitrogens is 1. The van der Waals surface area contributed by atoms with Gasteiger partial charge in [0, 0.05) is 6.20 Å². The van der Waals surface area contributed by atoms with Crippen LogP contribution < -0.4 is 14.9 Å². The van der Waals surface area contributed by atoms with Crippen molar-refractivity contribution in [3.05, 3.63) is 81.7 Å². The van der Waals surface area contributed by atoms with Gasteiger partial charge in [-0.05, 0) is 63.5 Å². The summed E-state index contributed by atoms with van der Waals surface area (Å²) in [6.07, 6.45) is -2.26. The lowest BCUT2D eigenvalue weighted by molar-refractivity contribution is -0.137. The maximum absolute atomic E-state index is 13.0. The molecule has 3 aromatic rings. The average molecular weight is 498 g/mol. The lowest BCUT2D eigenvalue weighted by Gasteiger charge is -2.13. The van der Waals surface area contributed by atoms with E-state index in [0.29, 0.717) is 21.5 Å². The molecule has 0 radical (unpaired) electrons. The van der Waals surface area contributed by atoms with E-state index in [4.69, 9.17) is 9.47 Å². The zero-order chi connectivity index (χ0) is 22.4. The Labute approximate surface area is 183 Å². The zero-order valence-corrected chi connectivity index (χ0v) is 17.7. The van der Waals surface area contributed by atoms with Gasteiger partial charge in [-0.2, -0.15) is 18.3 Å². The summed E-state index contributed by atoms with van der Waals surface area (Å²) in [7, 11) is 1.48. The van der Waals surface area contributed by atoms with Gasteiger partial charge in [-0.15, -0.1) is 0 Å². The van der Waals surface area contributed by atoms with Crippen molar-refractivity contribution in [2.24, 2.45) is 5.10 Å². The van der Waals surface area contributed by atoms with Crippen molar-refractivity contribution in [1.82, 2.24) is 4.98 Å². The molecule has 1 N–H and O–H groups in total. The van der Waals surface area contributed by atoms with E-state index in [2.05, 4.69) is 31.4 Å².